The summed E-state index contributed by atoms with van der Waals surface area (Å²) in [5, 5.41) is 17.8. The Kier molecular flexibility index (Phi) is 3.87. The molecule has 2 aliphatic rings. The number of aliphatic carboxylic acids is 2. The Labute approximate surface area is 110 Å². The predicted molar refractivity (Wildman–Crippen MR) is 65.5 cm³/mol. The predicted octanol–water partition coefficient (Wildman–Crippen LogP) is 1.02. The largest absolute Gasteiger partial charge is 0.481 e. The number of hydrogen-bond acceptors (Lipinski definition) is 3. The van der Waals surface area contributed by atoms with Gasteiger partial charge in [-0.1, -0.05) is 0 Å². The van der Waals surface area contributed by atoms with Gasteiger partial charge in [-0.3, -0.25) is 9.59 Å². The van der Waals surface area contributed by atoms with E-state index in [9.17, 15) is 19.5 Å². The highest BCUT2D eigenvalue weighted by molar-refractivity contribution is 5.99. The van der Waals surface area contributed by atoms with Crippen LogP contribution in [0.1, 0.15) is 38.5 Å². The maximum Gasteiger partial charge on any atom is 0.326 e. The Morgan fingerprint density at radius 3 is 2.47 bits per heavy atom. The number of amides is 1. The molecule has 1 heterocycles. The van der Waals surface area contributed by atoms with Gasteiger partial charge in [-0.25, -0.2) is 4.79 Å². The van der Waals surface area contributed by atoms with E-state index in [0.717, 1.165) is 36.8 Å². The summed E-state index contributed by atoms with van der Waals surface area (Å²) in [4.78, 5) is 35.3. The lowest BCUT2D eigenvalue weighted by Crippen LogP contribution is -2.43. The van der Waals surface area contributed by atoms with Crippen molar-refractivity contribution in [1.82, 2.24) is 4.90 Å². The summed E-state index contributed by atoms with van der Waals surface area (Å²) in [6.45, 7) is 0.352. The number of carbonyl (C=O) groups is 3. The van der Waals surface area contributed by atoms with Gasteiger partial charge in [0.15, 0.2) is 0 Å². The molecule has 0 spiro atoms. The number of carbonyl (C=O) groups excluding carboxylic acids is 1. The fourth-order valence-electron chi connectivity index (χ4n) is 2.78. The van der Waals surface area contributed by atoms with E-state index >= 15 is 0 Å². The maximum atomic E-state index is 12.2. The quantitative estimate of drug-likeness (QED) is 0.775. The van der Waals surface area contributed by atoms with Crippen LogP contribution in [0.4, 0.5) is 0 Å². The first-order chi connectivity index (χ1) is 9.00. The summed E-state index contributed by atoms with van der Waals surface area (Å²) in [5.41, 5.74) is 1.80. The monoisotopic (exact) mass is 267 g/mol. The average molecular weight is 267 g/mol. The molecule has 6 heteroatoms. The van der Waals surface area contributed by atoms with Gasteiger partial charge in [0.2, 0.25) is 0 Å². The molecular formula is C13H17NO5. The molecule has 6 nitrogen and oxygen atoms in total. The fraction of sp³-hybridized carbons (Fsp3) is 0.615. The van der Waals surface area contributed by atoms with Gasteiger partial charge < -0.3 is 15.1 Å². The van der Waals surface area contributed by atoms with Crippen LogP contribution in [0.5, 0.6) is 0 Å². The van der Waals surface area contributed by atoms with Crippen LogP contribution in [0.15, 0.2) is 11.1 Å². The molecule has 1 aliphatic carbocycles. The van der Waals surface area contributed by atoms with Crippen LogP contribution in [0.25, 0.3) is 0 Å². The molecule has 1 amide bonds. The molecule has 0 fully saturated rings. The third kappa shape index (κ3) is 2.77. The lowest BCUT2D eigenvalue weighted by molar-refractivity contribution is -0.149. The molecule has 104 valence electrons. The van der Waals surface area contributed by atoms with Crippen LogP contribution in [-0.2, 0) is 14.4 Å². The molecule has 1 aliphatic heterocycles. The van der Waals surface area contributed by atoms with Crippen LogP contribution >= 0.6 is 0 Å². The normalized spacial score (nSPS) is 20.4. The number of rotatable bonds is 5. The van der Waals surface area contributed by atoms with E-state index in [1.165, 1.54) is 4.90 Å². The van der Waals surface area contributed by atoms with Gasteiger partial charge in [0.25, 0.3) is 5.91 Å². The topological polar surface area (TPSA) is 94.9 Å². The minimum atomic E-state index is -1.13. The summed E-state index contributed by atoms with van der Waals surface area (Å²) in [6, 6.07) is -1.03. The van der Waals surface area contributed by atoms with Crippen molar-refractivity contribution >= 4 is 17.8 Å². The minimum Gasteiger partial charge on any atom is -0.481 e. The van der Waals surface area contributed by atoms with Crippen molar-refractivity contribution in [2.24, 2.45) is 0 Å². The highest BCUT2D eigenvalue weighted by Crippen LogP contribution is 2.33. The molecule has 0 aromatic carbocycles. The second-order valence-corrected chi connectivity index (χ2v) is 5.01. The Bertz CT molecular complexity index is 454. The molecule has 0 aromatic rings. The Balaban J connectivity index is 2.10. The van der Waals surface area contributed by atoms with Gasteiger partial charge in [-0.15, -0.1) is 0 Å². The van der Waals surface area contributed by atoms with E-state index < -0.39 is 18.0 Å². The molecule has 2 rings (SSSR count). The van der Waals surface area contributed by atoms with Crippen molar-refractivity contribution in [2.45, 2.75) is 44.6 Å². The van der Waals surface area contributed by atoms with Gasteiger partial charge in [-0.2, -0.15) is 0 Å². The summed E-state index contributed by atoms with van der Waals surface area (Å²) in [7, 11) is 0. The zero-order chi connectivity index (χ0) is 14.0. The third-order valence-corrected chi connectivity index (χ3v) is 3.76. The van der Waals surface area contributed by atoms with Crippen LogP contribution in [0, 0.1) is 0 Å². The first-order valence-corrected chi connectivity index (χ1v) is 6.47. The van der Waals surface area contributed by atoms with E-state index in [-0.39, 0.29) is 18.7 Å². The lowest BCUT2D eigenvalue weighted by Gasteiger charge is -2.24. The van der Waals surface area contributed by atoms with Crippen LogP contribution in [-0.4, -0.2) is 45.5 Å². The minimum absolute atomic E-state index is 0.0447. The van der Waals surface area contributed by atoms with Gasteiger partial charge in [-0.05, 0) is 37.7 Å². The highest BCUT2D eigenvalue weighted by Gasteiger charge is 2.38. The van der Waals surface area contributed by atoms with E-state index in [1.807, 2.05) is 0 Å². The summed E-state index contributed by atoms with van der Waals surface area (Å²) >= 11 is 0. The SMILES string of the molecule is O=C(O)CCC(C(=O)O)N1CC2=C(CCCC2)C1=O. The second-order valence-electron chi connectivity index (χ2n) is 5.01. The van der Waals surface area contributed by atoms with Crippen molar-refractivity contribution < 1.29 is 24.6 Å². The van der Waals surface area contributed by atoms with Crippen molar-refractivity contribution in [3.63, 3.8) is 0 Å². The van der Waals surface area contributed by atoms with E-state index in [1.54, 1.807) is 0 Å². The van der Waals surface area contributed by atoms with Gasteiger partial charge in [0, 0.05) is 18.5 Å². The number of carboxylic acids is 2. The molecule has 0 radical (unpaired) electrons. The van der Waals surface area contributed by atoms with E-state index in [4.69, 9.17) is 5.11 Å². The maximum absolute atomic E-state index is 12.2. The van der Waals surface area contributed by atoms with Gasteiger partial charge >= 0.3 is 11.9 Å². The second kappa shape index (κ2) is 5.42. The third-order valence-electron chi connectivity index (χ3n) is 3.76. The molecule has 1 atom stereocenters. The van der Waals surface area contributed by atoms with Crippen LogP contribution < -0.4 is 0 Å². The Morgan fingerprint density at radius 1 is 1.21 bits per heavy atom. The summed E-state index contributed by atoms with van der Waals surface area (Å²) in [6.07, 6.45) is 3.28. The van der Waals surface area contributed by atoms with Gasteiger partial charge in [0.1, 0.15) is 6.04 Å². The molecule has 2 N–H and O–H groups in total. The average Bonchev–Trinajstić information content (AvgIpc) is 2.67. The molecule has 0 saturated carbocycles. The molecule has 19 heavy (non-hydrogen) atoms. The van der Waals surface area contributed by atoms with Crippen LogP contribution in [0.3, 0.4) is 0 Å². The highest BCUT2D eigenvalue weighted by atomic mass is 16.4. The van der Waals surface area contributed by atoms with Crippen molar-refractivity contribution in [3.05, 3.63) is 11.1 Å². The smallest absolute Gasteiger partial charge is 0.326 e. The number of nitrogens with zero attached hydrogens (tertiary/aromatic N) is 1. The van der Waals surface area contributed by atoms with E-state index in [0.29, 0.717) is 6.54 Å². The Hall–Kier alpha value is -1.85. The summed E-state index contributed by atoms with van der Waals surface area (Å²) < 4.78 is 0. The molecular weight excluding hydrogens is 250 g/mol. The lowest BCUT2D eigenvalue weighted by atomic mass is 9.94. The van der Waals surface area contributed by atoms with Crippen molar-refractivity contribution in [2.75, 3.05) is 6.54 Å². The first kappa shape index (κ1) is 13.6. The van der Waals surface area contributed by atoms with Crippen LogP contribution in [0.2, 0.25) is 0 Å². The molecule has 1 unspecified atom stereocenters. The van der Waals surface area contributed by atoms with Crippen molar-refractivity contribution in [3.8, 4) is 0 Å². The van der Waals surface area contributed by atoms with E-state index in [2.05, 4.69) is 0 Å². The zero-order valence-corrected chi connectivity index (χ0v) is 10.6. The van der Waals surface area contributed by atoms with Gasteiger partial charge in [0.05, 0.1) is 0 Å². The van der Waals surface area contributed by atoms with Crippen molar-refractivity contribution in [1.29, 1.82) is 0 Å². The molecule has 0 saturated heterocycles. The zero-order valence-electron chi connectivity index (χ0n) is 10.6. The number of hydrogen-bond donors (Lipinski definition) is 2. The first-order valence-electron chi connectivity index (χ1n) is 6.47. The Morgan fingerprint density at radius 2 is 1.89 bits per heavy atom. The summed E-state index contributed by atoms with van der Waals surface area (Å²) in [5.74, 6) is -2.39. The molecule has 0 aromatic heterocycles. The standard InChI is InChI=1S/C13H17NO5/c15-11(16)6-5-10(13(18)19)14-7-8-3-1-2-4-9(8)12(14)17/h10H,1-7H2,(H,15,16)(H,18,19). The number of carboxylic acid groups (broad SMARTS) is 2. The molecule has 0 bridgehead atoms. The fourth-order valence-corrected chi connectivity index (χ4v) is 2.78.